The number of rotatable bonds is 4. The third kappa shape index (κ3) is 3.41. The monoisotopic (exact) mass is 428 g/mol. The summed E-state index contributed by atoms with van der Waals surface area (Å²) in [5.41, 5.74) is 1.05. The van der Waals surface area contributed by atoms with Crippen molar-refractivity contribution in [3.8, 4) is 0 Å². The largest absolute Gasteiger partial charge is 0.353 e. The Morgan fingerprint density at radius 1 is 1.27 bits per heavy atom. The lowest BCUT2D eigenvalue weighted by atomic mass is 10.0. The molecular weight excluding hydrogens is 408 g/mol. The zero-order valence-electron chi connectivity index (χ0n) is 12.8. The zero-order valence-corrected chi connectivity index (χ0v) is 16.0. The maximum Gasteiger partial charge on any atom is 0.228 e. The minimum Gasteiger partial charge on any atom is -0.353 e. The maximum absolute atomic E-state index is 12.4. The Morgan fingerprint density at radius 2 is 1.86 bits per heavy atom. The van der Waals surface area contributed by atoms with Gasteiger partial charge in [0.1, 0.15) is 0 Å². The van der Waals surface area contributed by atoms with Crippen LogP contribution in [0.4, 0.5) is 0 Å². The number of hydrogen-bond acceptors (Lipinski definition) is 2. The van der Waals surface area contributed by atoms with Crippen LogP contribution < -0.4 is 5.32 Å². The number of nitrogens with zero attached hydrogens (tertiary/aromatic N) is 1. The van der Waals surface area contributed by atoms with Gasteiger partial charge in [0.2, 0.25) is 5.91 Å². The molecule has 120 valence electrons. The van der Waals surface area contributed by atoms with E-state index in [0.29, 0.717) is 6.04 Å². The van der Waals surface area contributed by atoms with E-state index in [9.17, 15) is 4.79 Å². The first kappa shape index (κ1) is 16.5. The van der Waals surface area contributed by atoms with Crippen molar-refractivity contribution in [2.24, 2.45) is 5.41 Å². The van der Waals surface area contributed by atoms with Gasteiger partial charge in [-0.05, 0) is 31.7 Å². The summed E-state index contributed by atoms with van der Waals surface area (Å²) < 4.78 is -0.203. The molecule has 2 aliphatic rings. The number of alkyl halides is 2. The molecule has 3 nitrogen and oxygen atoms in total. The van der Waals surface area contributed by atoms with Crippen LogP contribution in [-0.4, -0.2) is 33.2 Å². The fraction of sp³-hybridized carbons (Fsp3) is 0.588. The first-order chi connectivity index (χ1) is 10.4. The molecule has 1 N–H and O–H groups in total. The minimum absolute atomic E-state index is 0.169. The molecule has 0 aromatic heterocycles. The molecule has 1 saturated carbocycles. The number of carbonyl (C=O) groups is 1. The molecule has 22 heavy (non-hydrogen) atoms. The molecule has 1 heterocycles. The van der Waals surface area contributed by atoms with Crippen LogP contribution in [0, 0.1) is 5.41 Å². The topological polar surface area (TPSA) is 32.3 Å². The lowest BCUT2D eigenvalue weighted by molar-refractivity contribution is -0.126. The van der Waals surface area contributed by atoms with Gasteiger partial charge in [-0.25, -0.2) is 0 Å². The van der Waals surface area contributed by atoms with E-state index in [2.05, 4.69) is 72.4 Å². The molecule has 1 aliphatic carbocycles. The van der Waals surface area contributed by atoms with Crippen molar-refractivity contribution in [3.05, 3.63) is 35.9 Å². The van der Waals surface area contributed by atoms with Gasteiger partial charge >= 0.3 is 0 Å². The van der Waals surface area contributed by atoms with Gasteiger partial charge in [-0.3, -0.25) is 9.69 Å². The summed E-state index contributed by atoms with van der Waals surface area (Å²) in [5.74, 6) is 0.169. The van der Waals surface area contributed by atoms with Crippen molar-refractivity contribution >= 4 is 37.8 Å². The van der Waals surface area contributed by atoms with Gasteiger partial charge in [-0.2, -0.15) is 0 Å². The van der Waals surface area contributed by atoms with E-state index in [0.717, 1.165) is 38.9 Å². The van der Waals surface area contributed by atoms with E-state index in [1.165, 1.54) is 5.56 Å². The van der Waals surface area contributed by atoms with Crippen molar-refractivity contribution in [2.75, 3.05) is 13.1 Å². The van der Waals surface area contributed by atoms with Crippen LogP contribution in [0.1, 0.15) is 31.7 Å². The molecular formula is C17H22Br2N2O. The second kappa shape index (κ2) is 6.25. The molecule has 0 spiro atoms. The SMILES string of the molecule is CC1(C(=O)NC2CCN(Cc3ccccc3)CC2)CC1(Br)Br. The van der Waals surface area contributed by atoms with Crippen LogP contribution in [0.5, 0.6) is 0 Å². The number of nitrogens with one attached hydrogen (secondary N) is 1. The number of amides is 1. The number of hydrogen-bond donors (Lipinski definition) is 1. The molecule has 1 saturated heterocycles. The van der Waals surface area contributed by atoms with Crippen molar-refractivity contribution in [2.45, 2.75) is 42.0 Å². The zero-order chi connectivity index (χ0) is 15.8. The summed E-state index contributed by atoms with van der Waals surface area (Å²) >= 11 is 7.14. The Balaban J connectivity index is 1.45. The Bertz CT molecular complexity index is 541. The third-order valence-corrected chi connectivity index (χ3v) is 7.24. The van der Waals surface area contributed by atoms with Gasteiger partial charge in [0.05, 0.1) is 8.65 Å². The number of likely N-dealkylation sites (tertiary alicyclic amines) is 1. The van der Waals surface area contributed by atoms with Crippen LogP contribution >= 0.6 is 31.9 Å². The number of carbonyl (C=O) groups excluding carboxylic acids is 1. The number of benzene rings is 1. The lowest BCUT2D eigenvalue weighted by Crippen LogP contribution is -2.46. The second-order valence-corrected chi connectivity index (χ2v) is 10.5. The van der Waals surface area contributed by atoms with Gasteiger partial charge in [0.25, 0.3) is 0 Å². The highest BCUT2D eigenvalue weighted by atomic mass is 79.9. The van der Waals surface area contributed by atoms with Gasteiger partial charge in [-0.1, -0.05) is 62.2 Å². The van der Waals surface area contributed by atoms with Crippen LogP contribution in [0.3, 0.4) is 0 Å². The lowest BCUT2D eigenvalue weighted by Gasteiger charge is -2.33. The predicted molar refractivity (Wildman–Crippen MR) is 96.2 cm³/mol. The fourth-order valence-electron chi connectivity index (χ4n) is 3.07. The smallest absolute Gasteiger partial charge is 0.228 e. The fourth-order valence-corrected chi connectivity index (χ4v) is 4.55. The molecule has 3 rings (SSSR count). The molecule has 1 aromatic rings. The van der Waals surface area contributed by atoms with Gasteiger partial charge in [0, 0.05) is 25.7 Å². The van der Waals surface area contributed by atoms with E-state index in [-0.39, 0.29) is 14.6 Å². The Hall–Kier alpha value is -0.390. The van der Waals surface area contributed by atoms with Gasteiger partial charge in [-0.15, -0.1) is 0 Å². The second-order valence-electron chi connectivity index (χ2n) is 6.72. The molecule has 1 amide bonds. The predicted octanol–water partition coefficient (Wildman–Crippen LogP) is 3.66. The summed E-state index contributed by atoms with van der Waals surface area (Å²) in [4.78, 5) is 14.9. The first-order valence-electron chi connectivity index (χ1n) is 7.86. The maximum atomic E-state index is 12.4. The summed E-state index contributed by atoms with van der Waals surface area (Å²) in [5, 5.41) is 3.24. The average Bonchev–Trinajstić information content (AvgIpc) is 3.02. The highest BCUT2D eigenvalue weighted by Gasteiger charge is 2.66. The molecule has 1 aliphatic heterocycles. The van der Waals surface area contributed by atoms with Crippen LogP contribution in [0.25, 0.3) is 0 Å². The molecule has 5 heteroatoms. The molecule has 0 bridgehead atoms. The Labute approximate surface area is 149 Å². The van der Waals surface area contributed by atoms with Crippen molar-refractivity contribution in [1.29, 1.82) is 0 Å². The van der Waals surface area contributed by atoms with Crippen molar-refractivity contribution < 1.29 is 4.79 Å². The molecule has 1 atom stereocenters. The Kier molecular flexibility index (Phi) is 4.68. The molecule has 1 unspecified atom stereocenters. The van der Waals surface area contributed by atoms with E-state index >= 15 is 0 Å². The van der Waals surface area contributed by atoms with E-state index in [1.54, 1.807) is 0 Å². The van der Waals surface area contributed by atoms with Gasteiger partial charge < -0.3 is 5.32 Å². The highest BCUT2D eigenvalue weighted by Crippen LogP contribution is 2.66. The standard InChI is InChI=1S/C17H22Br2N2O/c1-16(12-17(16,18)19)15(22)20-14-7-9-21(10-8-14)11-13-5-3-2-4-6-13/h2-6,14H,7-12H2,1H3,(H,20,22). The minimum atomic E-state index is -0.311. The molecule has 1 aromatic carbocycles. The van der Waals surface area contributed by atoms with Gasteiger partial charge in [0.15, 0.2) is 0 Å². The van der Waals surface area contributed by atoms with Crippen LogP contribution in [0.2, 0.25) is 0 Å². The molecule has 0 radical (unpaired) electrons. The Morgan fingerprint density at radius 3 is 2.41 bits per heavy atom. The number of piperidine rings is 1. The van der Waals surface area contributed by atoms with E-state index < -0.39 is 0 Å². The van der Waals surface area contributed by atoms with Crippen LogP contribution in [0.15, 0.2) is 30.3 Å². The average molecular weight is 430 g/mol. The third-order valence-electron chi connectivity index (χ3n) is 4.93. The summed E-state index contributed by atoms with van der Waals surface area (Å²) in [6.07, 6.45) is 2.91. The summed E-state index contributed by atoms with van der Waals surface area (Å²) in [7, 11) is 0. The summed E-state index contributed by atoms with van der Waals surface area (Å²) in [6.45, 7) is 5.11. The summed E-state index contributed by atoms with van der Waals surface area (Å²) in [6, 6.07) is 10.9. The molecule has 2 fully saturated rings. The van der Waals surface area contributed by atoms with Crippen molar-refractivity contribution in [1.82, 2.24) is 10.2 Å². The first-order valence-corrected chi connectivity index (χ1v) is 9.44. The quantitative estimate of drug-likeness (QED) is 0.740. The van der Waals surface area contributed by atoms with E-state index in [4.69, 9.17) is 0 Å². The van der Waals surface area contributed by atoms with Crippen LogP contribution in [-0.2, 0) is 11.3 Å². The highest BCUT2D eigenvalue weighted by molar-refractivity contribution is 9.25. The number of halogens is 2. The van der Waals surface area contributed by atoms with Crippen molar-refractivity contribution in [3.63, 3.8) is 0 Å². The van der Waals surface area contributed by atoms with E-state index in [1.807, 2.05) is 6.92 Å². The normalized spacial score (nSPS) is 28.3.